The van der Waals surface area contributed by atoms with Crippen molar-refractivity contribution >= 4 is 17.7 Å². The first-order valence-corrected chi connectivity index (χ1v) is 7.30. The Morgan fingerprint density at radius 2 is 1.91 bits per heavy atom. The average molecular weight is 321 g/mol. The van der Waals surface area contributed by atoms with Crippen molar-refractivity contribution in [1.82, 2.24) is 15.1 Å². The van der Waals surface area contributed by atoms with Crippen LogP contribution in [0.5, 0.6) is 0 Å². The molecule has 0 bridgehead atoms. The molecule has 0 radical (unpaired) electrons. The van der Waals surface area contributed by atoms with Gasteiger partial charge >= 0.3 is 0 Å². The predicted molar refractivity (Wildman–Crippen MR) is 81.7 cm³/mol. The van der Waals surface area contributed by atoms with Crippen LogP contribution in [0.1, 0.15) is 18.0 Å². The van der Waals surface area contributed by atoms with Gasteiger partial charge in [0.2, 0.25) is 17.7 Å². The van der Waals surface area contributed by atoms with Crippen LogP contribution in [-0.2, 0) is 14.4 Å². The summed E-state index contributed by atoms with van der Waals surface area (Å²) in [6, 6.07) is 5.28. The van der Waals surface area contributed by atoms with Gasteiger partial charge in [0.05, 0.1) is 18.5 Å². The molecule has 1 fully saturated rings. The fourth-order valence-corrected chi connectivity index (χ4v) is 2.67. The molecule has 7 heteroatoms. The molecular formula is C16H20FN3O3. The van der Waals surface area contributed by atoms with E-state index in [1.165, 1.54) is 21.9 Å². The van der Waals surface area contributed by atoms with Crippen molar-refractivity contribution in [3.63, 3.8) is 0 Å². The van der Waals surface area contributed by atoms with E-state index in [9.17, 15) is 18.8 Å². The average Bonchev–Trinajstić information content (AvgIpc) is 2.81. The zero-order valence-electron chi connectivity index (χ0n) is 13.4. The minimum atomic E-state index is -0.604. The SMILES string of the molecule is CN(C)C(=O)CNC(=O)[C@H]1CC(=O)N(C)[C@@H]1c1ccc(F)cc1. The number of likely N-dealkylation sites (N-methyl/N-ethyl adjacent to an activating group) is 1. The predicted octanol–water partition coefficient (Wildman–Crippen LogP) is 0.549. The standard InChI is InChI=1S/C16H20FN3O3/c1-19(2)14(22)9-18-16(23)12-8-13(21)20(3)15(12)10-4-6-11(17)7-5-10/h4-7,12,15H,8-9H2,1-3H3,(H,18,23)/t12-,15+/m0/s1. The summed E-state index contributed by atoms with van der Waals surface area (Å²) in [6.07, 6.45) is 0.0700. The molecule has 6 nitrogen and oxygen atoms in total. The van der Waals surface area contributed by atoms with Crippen molar-refractivity contribution in [2.45, 2.75) is 12.5 Å². The summed E-state index contributed by atoms with van der Waals surface area (Å²) in [5, 5.41) is 2.57. The minimum absolute atomic E-state index is 0.0700. The Morgan fingerprint density at radius 1 is 1.30 bits per heavy atom. The van der Waals surface area contributed by atoms with Gasteiger partial charge in [0, 0.05) is 27.6 Å². The topological polar surface area (TPSA) is 69.7 Å². The number of nitrogens with zero attached hydrogens (tertiary/aromatic N) is 2. The number of halogens is 1. The summed E-state index contributed by atoms with van der Waals surface area (Å²) >= 11 is 0. The highest BCUT2D eigenvalue weighted by Crippen LogP contribution is 2.37. The number of rotatable bonds is 4. The summed E-state index contributed by atoms with van der Waals surface area (Å²) in [4.78, 5) is 38.8. The van der Waals surface area contributed by atoms with Crippen LogP contribution in [0, 0.1) is 11.7 Å². The van der Waals surface area contributed by atoms with Crippen molar-refractivity contribution < 1.29 is 18.8 Å². The van der Waals surface area contributed by atoms with Crippen LogP contribution in [0.15, 0.2) is 24.3 Å². The Morgan fingerprint density at radius 3 is 2.48 bits per heavy atom. The number of benzene rings is 1. The Hall–Kier alpha value is -2.44. The zero-order chi connectivity index (χ0) is 17.1. The van der Waals surface area contributed by atoms with Crippen LogP contribution in [0.4, 0.5) is 4.39 Å². The van der Waals surface area contributed by atoms with Crippen molar-refractivity contribution in [2.75, 3.05) is 27.7 Å². The van der Waals surface area contributed by atoms with Crippen LogP contribution in [0.2, 0.25) is 0 Å². The molecular weight excluding hydrogens is 301 g/mol. The number of hydrogen-bond acceptors (Lipinski definition) is 3. The van der Waals surface area contributed by atoms with E-state index in [0.717, 1.165) is 0 Å². The summed E-state index contributed by atoms with van der Waals surface area (Å²) in [7, 11) is 4.82. The molecule has 1 aromatic carbocycles. The second kappa shape index (κ2) is 6.76. The van der Waals surface area contributed by atoms with Gasteiger partial charge in [0.15, 0.2) is 0 Å². The summed E-state index contributed by atoms with van der Waals surface area (Å²) in [6.45, 7) is -0.115. The number of carbonyl (C=O) groups excluding carboxylic acids is 3. The van der Waals surface area contributed by atoms with Gasteiger partial charge < -0.3 is 15.1 Å². The van der Waals surface area contributed by atoms with Gasteiger partial charge in [-0.05, 0) is 17.7 Å². The second-order valence-electron chi connectivity index (χ2n) is 5.82. The molecule has 1 heterocycles. The maximum absolute atomic E-state index is 13.1. The lowest BCUT2D eigenvalue weighted by molar-refractivity contribution is -0.132. The number of likely N-dealkylation sites (tertiary alicyclic amines) is 1. The second-order valence-corrected chi connectivity index (χ2v) is 5.82. The Labute approximate surface area is 134 Å². The van der Waals surface area contributed by atoms with E-state index in [1.807, 2.05) is 0 Å². The first kappa shape index (κ1) is 16.9. The molecule has 3 amide bonds. The maximum Gasteiger partial charge on any atom is 0.241 e. The third-order valence-electron chi connectivity index (χ3n) is 4.05. The molecule has 1 aliphatic rings. The third kappa shape index (κ3) is 3.67. The Balaban J connectivity index is 2.15. The van der Waals surface area contributed by atoms with Gasteiger partial charge in [-0.15, -0.1) is 0 Å². The van der Waals surface area contributed by atoms with E-state index in [0.29, 0.717) is 5.56 Å². The molecule has 1 aliphatic heterocycles. The molecule has 1 aromatic rings. The van der Waals surface area contributed by atoms with E-state index in [1.54, 1.807) is 33.3 Å². The highest BCUT2D eigenvalue weighted by Gasteiger charge is 2.42. The van der Waals surface area contributed by atoms with E-state index in [2.05, 4.69) is 5.32 Å². The number of amides is 3. The molecule has 124 valence electrons. The molecule has 1 N–H and O–H groups in total. The number of carbonyl (C=O) groups is 3. The quantitative estimate of drug-likeness (QED) is 0.880. The summed E-state index contributed by atoms with van der Waals surface area (Å²) in [5.41, 5.74) is 0.693. The van der Waals surface area contributed by atoms with Gasteiger partial charge in [-0.3, -0.25) is 14.4 Å². The van der Waals surface area contributed by atoms with Crippen molar-refractivity contribution in [3.05, 3.63) is 35.6 Å². The Bertz CT molecular complexity index is 616. The normalized spacial score (nSPS) is 20.5. The summed E-state index contributed by atoms with van der Waals surface area (Å²) in [5.74, 6) is -1.72. The first-order chi connectivity index (χ1) is 10.8. The highest BCUT2D eigenvalue weighted by atomic mass is 19.1. The molecule has 2 atom stereocenters. The monoisotopic (exact) mass is 321 g/mol. The van der Waals surface area contributed by atoms with E-state index in [-0.39, 0.29) is 36.5 Å². The first-order valence-electron chi connectivity index (χ1n) is 7.30. The van der Waals surface area contributed by atoms with Crippen LogP contribution < -0.4 is 5.32 Å². The molecule has 0 aromatic heterocycles. The maximum atomic E-state index is 13.1. The van der Waals surface area contributed by atoms with E-state index in [4.69, 9.17) is 0 Å². The lowest BCUT2D eigenvalue weighted by atomic mass is 9.93. The van der Waals surface area contributed by atoms with Crippen molar-refractivity contribution in [3.8, 4) is 0 Å². The Kier molecular flexibility index (Phi) is 4.98. The molecule has 1 saturated heterocycles. The van der Waals surface area contributed by atoms with Crippen LogP contribution in [0.3, 0.4) is 0 Å². The van der Waals surface area contributed by atoms with E-state index < -0.39 is 12.0 Å². The van der Waals surface area contributed by atoms with Gasteiger partial charge in [0.1, 0.15) is 5.82 Å². The van der Waals surface area contributed by atoms with Crippen molar-refractivity contribution in [1.29, 1.82) is 0 Å². The lowest BCUT2D eigenvalue weighted by Crippen LogP contribution is -2.40. The molecule has 2 rings (SSSR count). The fourth-order valence-electron chi connectivity index (χ4n) is 2.67. The van der Waals surface area contributed by atoms with Crippen LogP contribution in [-0.4, -0.2) is 55.2 Å². The molecule has 0 unspecified atom stereocenters. The van der Waals surface area contributed by atoms with E-state index >= 15 is 0 Å². The van der Waals surface area contributed by atoms with Crippen LogP contribution in [0.25, 0.3) is 0 Å². The molecule has 0 spiro atoms. The minimum Gasteiger partial charge on any atom is -0.347 e. The molecule has 0 saturated carbocycles. The zero-order valence-corrected chi connectivity index (χ0v) is 13.4. The lowest BCUT2D eigenvalue weighted by Gasteiger charge is -2.25. The van der Waals surface area contributed by atoms with Crippen molar-refractivity contribution in [2.24, 2.45) is 5.92 Å². The fraction of sp³-hybridized carbons (Fsp3) is 0.438. The van der Waals surface area contributed by atoms with Gasteiger partial charge in [-0.2, -0.15) is 0 Å². The third-order valence-corrected chi connectivity index (χ3v) is 4.05. The van der Waals surface area contributed by atoms with Gasteiger partial charge in [0.25, 0.3) is 0 Å². The molecule has 23 heavy (non-hydrogen) atoms. The smallest absolute Gasteiger partial charge is 0.241 e. The number of nitrogens with one attached hydrogen (secondary N) is 1. The number of hydrogen-bond donors (Lipinski definition) is 1. The molecule has 0 aliphatic carbocycles. The van der Waals surface area contributed by atoms with Gasteiger partial charge in [-0.25, -0.2) is 4.39 Å². The largest absolute Gasteiger partial charge is 0.347 e. The summed E-state index contributed by atoms with van der Waals surface area (Å²) < 4.78 is 13.1. The highest BCUT2D eigenvalue weighted by molar-refractivity contribution is 5.92. The van der Waals surface area contributed by atoms with Gasteiger partial charge in [-0.1, -0.05) is 12.1 Å². The van der Waals surface area contributed by atoms with Crippen LogP contribution >= 0.6 is 0 Å².